The number of benzene rings is 1. The smallest absolute Gasteiger partial charge is 0.142 e. The summed E-state index contributed by atoms with van der Waals surface area (Å²) in [6.45, 7) is 4.06. The van der Waals surface area contributed by atoms with Gasteiger partial charge in [0.1, 0.15) is 17.2 Å². The van der Waals surface area contributed by atoms with E-state index in [2.05, 4.69) is 32.7 Å². The Morgan fingerprint density at radius 1 is 1.24 bits per heavy atom. The highest BCUT2D eigenvalue weighted by Gasteiger charge is 2.25. The summed E-state index contributed by atoms with van der Waals surface area (Å²) in [5, 5.41) is 15.5. The zero-order valence-corrected chi connectivity index (χ0v) is 20.2. The Morgan fingerprint density at radius 3 is 2.74 bits per heavy atom. The molecule has 34 heavy (non-hydrogen) atoms. The summed E-state index contributed by atoms with van der Waals surface area (Å²) in [7, 11) is 1.56. The van der Waals surface area contributed by atoms with Crippen LogP contribution in [0.2, 0.25) is 5.02 Å². The number of aromatic amines is 1. The summed E-state index contributed by atoms with van der Waals surface area (Å²) >= 11 is 6.37. The lowest BCUT2D eigenvalue weighted by Gasteiger charge is -2.26. The fourth-order valence-electron chi connectivity index (χ4n) is 5.19. The van der Waals surface area contributed by atoms with Gasteiger partial charge in [0.2, 0.25) is 0 Å². The quantitative estimate of drug-likeness (QED) is 0.357. The molecule has 1 aliphatic carbocycles. The topological polar surface area (TPSA) is 76.0 Å². The van der Waals surface area contributed by atoms with Crippen LogP contribution in [0, 0.1) is 12.7 Å². The van der Waals surface area contributed by atoms with Crippen LogP contribution in [-0.4, -0.2) is 38.1 Å². The third kappa shape index (κ3) is 3.87. The van der Waals surface area contributed by atoms with Crippen molar-refractivity contribution in [2.24, 2.45) is 0 Å². The number of fused-ring (bicyclic) bond motifs is 1. The lowest BCUT2D eigenvalue weighted by atomic mass is 9.91. The van der Waals surface area contributed by atoms with Crippen molar-refractivity contribution in [3.8, 4) is 16.9 Å². The Kier molecular flexibility index (Phi) is 6.08. The van der Waals surface area contributed by atoms with Gasteiger partial charge in [-0.05, 0) is 56.4 Å². The van der Waals surface area contributed by atoms with Crippen LogP contribution < -0.4 is 4.74 Å². The fraction of sp³-hybridized carbons (Fsp3) is 0.385. The lowest BCUT2D eigenvalue weighted by Crippen LogP contribution is -2.22. The van der Waals surface area contributed by atoms with E-state index in [4.69, 9.17) is 16.3 Å². The van der Waals surface area contributed by atoms with E-state index in [-0.39, 0.29) is 17.0 Å². The number of H-pyrrole nitrogens is 1. The first kappa shape index (κ1) is 22.9. The van der Waals surface area contributed by atoms with Gasteiger partial charge in [-0.1, -0.05) is 18.5 Å². The monoisotopic (exact) mass is 482 g/mol. The molecule has 8 heteroatoms. The summed E-state index contributed by atoms with van der Waals surface area (Å²) in [6, 6.07) is 5.33. The molecule has 0 amide bonds. The summed E-state index contributed by atoms with van der Waals surface area (Å²) in [4.78, 5) is 7.88. The molecule has 1 saturated carbocycles. The Hall–Kier alpha value is -2.90. The minimum absolute atomic E-state index is 0.0695. The van der Waals surface area contributed by atoms with Crippen molar-refractivity contribution in [3.63, 3.8) is 0 Å². The number of aliphatic hydroxyl groups is 1. The van der Waals surface area contributed by atoms with E-state index < -0.39 is 5.82 Å². The zero-order valence-electron chi connectivity index (χ0n) is 19.5. The molecule has 5 rings (SSSR count). The minimum atomic E-state index is -0.471. The van der Waals surface area contributed by atoms with E-state index in [1.165, 1.54) is 6.07 Å². The van der Waals surface area contributed by atoms with Gasteiger partial charge in [0.15, 0.2) is 0 Å². The van der Waals surface area contributed by atoms with Crippen molar-refractivity contribution < 1.29 is 14.2 Å². The van der Waals surface area contributed by atoms with Crippen molar-refractivity contribution in [1.82, 2.24) is 19.7 Å². The van der Waals surface area contributed by atoms with Gasteiger partial charge in [0.05, 0.1) is 30.5 Å². The van der Waals surface area contributed by atoms with Crippen LogP contribution in [0.1, 0.15) is 61.4 Å². The third-order valence-electron chi connectivity index (χ3n) is 7.14. The van der Waals surface area contributed by atoms with Crippen molar-refractivity contribution in [3.05, 3.63) is 64.5 Å². The highest BCUT2D eigenvalue weighted by molar-refractivity contribution is 6.31. The SMILES string of the molecule is COc1ccc(F)c(Cl)c1[C@@H](C)c1c[nH]c2ncc(-c3cnn(C4CCC(O)CC4)c3C)cc12. The maximum atomic E-state index is 14.3. The first-order chi connectivity index (χ1) is 16.4. The second kappa shape index (κ2) is 9.04. The number of pyridine rings is 1. The van der Waals surface area contributed by atoms with E-state index in [1.54, 1.807) is 13.2 Å². The molecule has 0 saturated heterocycles. The maximum Gasteiger partial charge on any atom is 0.142 e. The molecule has 1 fully saturated rings. The fourth-order valence-corrected chi connectivity index (χ4v) is 5.51. The Bertz CT molecular complexity index is 1340. The van der Waals surface area contributed by atoms with Crippen LogP contribution in [-0.2, 0) is 0 Å². The standard InChI is InChI=1S/C26H28ClFN4O2/c1-14(24-23(34-3)9-8-22(28)25(24)27)20-12-30-26-19(20)10-16(11-29-26)21-13-31-32(15(21)2)17-4-6-18(33)7-5-17/h8-14,17-18,33H,4-7H2,1-3H3,(H,29,30)/t14-,17?,18?/m0/s1. The molecule has 1 aromatic carbocycles. The predicted octanol–water partition coefficient (Wildman–Crippen LogP) is 6.16. The van der Waals surface area contributed by atoms with Crippen molar-refractivity contribution in [2.75, 3.05) is 7.11 Å². The number of hydrogen-bond acceptors (Lipinski definition) is 4. The van der Waals surface area contributed by atoms with Gasteiger partial charge in [0.25, 0.3) is 0 Å². The van der Waals surface area contributed by atoms with Gasteiger partial charge in [-0.2, -0.15) is 5.10 Å². The highest BCUT2D eigenvalue weighted by atomic mass is 35.5. The average Bonchev–Trinajstić information content (AvgIpc) is 3.44. The van der Waals surface area contributed by atoms with E-state index in [9.17, 15) is 9.50 Å². The normalized spacial score (nSPS) is 19.5. The molecule has 0 unspecified atom stereocenters. The lowest BCUT2D eigenvalue weighted by molar-refractivity contribution is 0.107. The second-order valence-electron chi connectivity index (χ2n) is 9.11. The van der Waals surface area contributed by atoms with E-state index >= 15 is 0 Å². The van der Waals surface area contributed by atoms with Crippen molar-refractivity contribution in [1.29, 1.82) is 0 Å². The van der Waals surface area contributed by atoms with Crippen LogP contribution >= 0.6 is 11.6 Å². The molecule has 3 aromatic heterocycles. The summed E-state index contributed by atoms with van der Waals surface area (Å²) < 4.78 is 21.9. The molecule has 1 atom stereocenters. The Morgan fingerprint density at radius 2 is 2.00 bits per heavy atom. The van der Waals surface area contributed by atoms with Gasteiger partial charge in [-0.3, -0.25) is 4.68 Å². The number of aliphatic hydroxyl groups excluding tert-OH is 1. The van der Waals surface area contributed by atoms with Crippen LogP contribution in [0.5, 0.6) is 5.75 Å². The maximum absolute atomic E-state index is 14.3. The molecular formula is C26H28ClFN4O2. The summed E-state index contributed by atoms with van der Waals surface area (Å²) in [5.74, 6) is -0.144. The Labute approximate surface area is 202 Å². The van der Waals surface area contributed by atoms with Crippen LogP contribution in [0.3, 0.4) is 0 Å². The van der Waals surface area contributed by atoms with Crippen molar-refractivity contribution in [2.45, 2.75) is 57.6 Å². The minimum Gasteiger partial charge on any atom is -0.496 e. The molecular weight excluding hydrogens is 455 g/mol. The molecule has 3 heterocycles. The molecule has 178 valence electrons. The van der Waals surface area contributed by atoms with E-state index in [0.717, 1.165) is 59.1 Å². The van der Waals surface area contributed by atoms with Gasteiger partial charge >= 0.3 is 0 Å². The number of methoxy groups -OCH3 is 1. The molecule has 1 aliphatic rings. The molecule has 0 aliphatic heterocycles. The number of nitrogens with zero attached hydrogens (tertiary/aromatic N) is 3. The molecule has 0 bridgehead atoms. The molecule has 0 spiro atoms. The zero-order chi connectivity index (χ0) is 24.0. The largest absolute Gasteiger partial charge is 0.496 e. The predicted molar refractivity (Wildman–Crippen MR) is 131 cm³/mol. The molecule has 2 N–H and O–H groups in total. The van der Waals surface area contributed by atoms with Crippen LogP contribution in [0.15, 0.2) is 36.8 Å². The number of rotatable bonds is 5. The van der Waals surface area contributed by atoms with E-state index in [0.29, 0.717) is 17.4 Å². The third-order valence-corrected chi connectivity index (χ3v) is 7.53. The second-order valence-corrected chi connectivity index (χ2v) is 9.49. The van der Waals surface area contributed by atoms with Crippen molar-refractivity contribution >= 4 is 22.6 Å². The summed E-state index contributed by atoms with van der Waals surface area (Å²) in [5.41, 5.74) is 5.41. The highest BCUT2D eigenvalue weighted by Crippen LogP contribution is 2.41. The average molecular weight is 483 g/mol. The van der Waals surface area contributed by atoms with E-state index in [1.807, 2.05) is 25.5 Å². The van der Waals surface area contributed by atoms with Crippen LogP contribution in [0.25, 0.3) is 22.2 Å². The molecule has 6 nitrogen and oxygen atoms in total. The van der Waals surface area contributed by atoms with Gasteiger partial charge in [0, 0.05) is 46.1 Å². The van der Waals surface area contributed by atoms with Crippen LogP contribution in [0.4, 0.5) is 4.39 Å². The number of halogens is 2. The number of hydrogen-bond donors (Lipinski definition) is 2. The first-order valence-corrected chi connectivity index (χ1v) is 12.0. The first-order valence-electron chi connectivity index (χ1n) is 11.6. The van der Waals surface area contributed by atoms with Gasteiger partial charge in [-0.15, -0.1) is 0 Å². The number of nitrogens with one attached hydrogen (secondary N) is 1. The number of aromatic nitrogens is 4. The molecule has 0 radical (unpaired) electrons. The van der Waals surface area contributed by atoms with Gasteiger partial charge < -0.3 is 14.8 Å². The molecule has 4 aromatic rings. The van der Waals surface area contributed by atoms with Gasteiger partial charge in [-0.25, -0.2) is 9.37 Å². The number of ether oxygens (including phenoxy) is 1. The summed E-state index contributed by atoms with van der Waals surface area (Å²) in [6.07, 6.45) is 8.92. The Balaban J connectivity index is 1.54.